The van der Waals surface area contributed by atoms with Crippen molar-refractivity contribution in [3.63, 3.8) is 0 Å². The summed E-state index contributed by atoms with van der Waals surface area (Å²) in [5.74, 6) is 0.958. The summed E-state index contributed by atoms with van der Waals surface area (Å²) in [6.07, 6.45) is 5.40. The Labute approximate surface area is 105 Å². The average Bonchev–Trinajstić information content (AvgIpc) is 3.11. The summed E-state index contributed by atoms with van der Waals surface area (Å²) in [7, 11) is 0. The summed E-state index contributed by atoms with van der Waals surface area (Å²) >= 11 is 0. The Balaban J connectivity index is 1.85. The fourth-order valence-electron chi connectivity index (χ4n) is 3.06. The van der Waals surface area contributed by atoms with E-state index < -0.39 is 0 Å². The first kappa shape index (κ1) is 11.3. The SMILES string of the molecule is CC1(C)CCc2ccccc2C1NCC1CC1. The van der Waals surface area contributed by atoms with E-state index in [-0.39, 0.29) is 0 Å². The highest BCUT2D eigenvalue weighted by Crippen LogP contribution is 2.43. The molecule has 1 aromatic rings. The van der Waals surface area contributed by atoms with Gasteiger partial charge in [0.05, 0.1) is 0 Å². The molecule has 0 bridgehead atoms. The molecular formula is C16H23N. The van der Waals surface area contributed by atoms with Gasteiger partial charge in [-0.2, -0.15) is 0 Å². The van der Waals surface area contributed by atoms with Gasteiger partial charge in [-0.25, -0.2) is 0 Å². The molecule has 1 N–H and O–H groups in total. The summed E-state index contributed by atoms with van der Waals surface area (Å²) in [6.45, 7) is 6.03. The van der Waals surface area contributed by atoms with Gasteiger partial charge in [0.15, 0.2) is 0 Å². The highest BCUT2D eigenvalue weighted by Gasteiger charge is 2.36. The number of fused-ring (bicyclic) bond motifs is 1. The van der Waals surface area contributed by atoms with Gasteiger partial charge in [0, 0.05) is 6.04 Å². The van der Waals surface area contributed by atoms with Crippen LogP contribution in [-0.4, -0.2) is 6.54 Å². The Bertz CT molecular complexity index is 404. The van der Waals surface area contributed by atoms with Gasteiger partial charge in [0.25, 0.3) is 0 Å². The Morgan fingerprint density at radius 2 is 2.00 bits per heavy atom. The maximum Gasteiger partial charge on any atom is 0.0374 e. The van der Waals surface area contributed by atoms with E-state index in [4.69, 9.17) is 0 Å². The topological polar surface area (TPSA) is 12.0 Å². The quantitative estimate of drug-likeness (QED) is 0.833. The highest BCUT2D eigenvalue weighted by atomic mass is 14.9. The first-order valence-corrected chi connectivity index (χ1v) is 6.98. The van der Waals surface area contributed by atoms with Gasteiger partial charge in [0.1, 0.15) is 0 Å². The van der Waals surface area contributed by atoms with E-state index in [1.54, 1.807) is 11.1 Å². The number of hydrogen-bond acceptors (Lipinski definition) is 1. The van der Waals surface area contributed by atoms with E-state index in [1.165, 1.54) is 32.2 Å². The molecule has 1 unspecified atom stereocenters. The van der Waals surface area contributed by atoms with Crippen LogP contribution in [0.3, 0.4) is 0 Å². The highest BCUT2D eigenvalue weighted by molar-refractivity contribution is 5.34. The molecule has 17 heavy (non-hydrogen) atoms. The Kier molecular flexibility index (Phi) is 2.74. The maximum atomic E-state index is 3.83. The summed E-state index contributed by atoms with van der Waals surface area (Å²) in [5, 5.41) is 3.83. The molecule has 1 aromatic carbocycles. The number of benzene rings is 1. The summed E-state index contributed by atoms with van der Waals surface area (Å²) in [5.41, 5.74) is 3.49. The van der Waals surface area contributed by atoms with Gasteiger partial charge in [0.2, 0.25) is 0 Å². The van der Waals surface area contributed by atoms with Crippen LogP contribution < -0.4 is 5.32 Å². The van der Waals surface area contributed by atoms with Crippen molar-refractivity contribution < 1.29 is 0 Å². The van der Waals surface area contributed by atoms with Crippen molar-refractivity contribution in [2.45, 2.75) is 45.6 Å². The smallest absolute Gasteiger partial charge is 0.0374 e. The van der Waals surface area contributed by atoms with Gasteiger partial charge in [-0.3, -0.25) is 0 Å². The zero-order valence-corrected chi connectivity index (χ0v) is 11.0. The molecule has 0 amide bonds. The molecule has 1 fully saturated rings. The molecule has 3 rings (SSSR count). The van der Waals surface area contributed by atoms with Crippen LogP contribution in [0.2, 0.25) is 0 Å². The summed E-state index contributed by atoms with van der Waals surface area (Å²) in [6, 6.07) is 9.53. The molecule has 0 aliphatic heterocycles. The van der Waals surface area contributed by atoms with Gasteiger partial charge in [-0.05, 0) is 54.7 Å². The van der Waals surface area contributed by atoms with Gasteiger partial charge in [-0.1, -0.05) is 38.1 Å². The Hall–Kier alpha value is -0.820. The number of nitrogens with one attached hydrogen (secondary N) is 1. The predicted molar refractivity (Wildman–Crippen MR) is 72.0 cm³/mol. The second-order valence-corrected chi connectivity index (χ2v) is 6.47. The molecule has 1 atom stereocenters. The molecule has 0 spiro atoms. The molecule has 2 aliphatic rings. The van der Waals surface area contributed by atoms with Crippen LogP contribution in [0.5, 0.6) is 0 Å². The van der Waals surface area contributed by atoms with Crippen LogP contribution >= 0.6 is 0 Å². The van der Waals surface area contributed by atoms with Crippen LogP contribution in [-0.2, 0) is 6.42 Å². The lowest BCUT2D eigenvalue weighted by Gasteiger charge is -2.40. The van der Waals surface area contributed by atoms with E-state index in [9.17, 15) is 0 Å². The second-order valence-electron chi connectivity index (χ2n) is 6.47. The van der Waals surface area contributed by atoms with Crippen LogP contribution in [0.25, 0.3) is 0 Å². The van der Waals surface area contributed by atoms with E-state index >= 15 is 0 Å². The Morgan fingerprint density at radius 3 is 2.76 bits per heavy atom. The third-order valence-corrected chi connectivity index (χ3v) is 4.49. The lowest BCUT2D eigenvalue weighted by atomic mass is 9.70. The first-order chi connectivity index (χ1) is 8.17. The maximum absolute atomic E-state index is 3.83. The Morgan fingerprint density at radius 1 is 1.24 bits per heavy atom. The van der Waals surface area contributed by atoms with Crippen molar-refractivity contribution in [2.24, 2.45) is 11.3 Å². The molecule has 0 heterocycles. The third-order valence-electron chi connectivity index (χ3n) is 4.49. The average molecular weight is 229 g/mol. The minimum atomic E-state index is 0.392. The fourth-order valence-corrected chi connectivity index (χ4v) is 3.06. The molecule has 0 aromatic heterocycles. The minimum absolute atomic E-state index is 0.392. The molecule has 1 nitrogen and oxygen atoms in total. The first-order valence-electron chi connectivity index (χ1n) is 6.98. The molecule has 1 saturated carbocycles. The number of aryl methyl sites for hydroxylation is 1. The zero-order valence-electron chi connectivity index (χ0n) is 11.0. The van der Waals surface area contributed by atoms with Crippen molar-refractivity contribution >= 4 is 0 Å². The van der Waals surface area contributed by atoms with Crippen LogP contribution in [0.4, 0.5) is 0 Å². The molecular weight excluding hydrogens is 206 g/mol. The van der Waals surface area contributed by atoms with Crippen molar-refractivity contribution in [3.8, 4) is 0 Å². The van der Waals surface area contributed by atoms with E-state index in [1.807, 2.05) is 0 Å². The standard InChI is InChI=1S/C16H23N/c1-16(2)10-9-13-5-3-4-6-14(13)15(16)17-11-12-7-8-12/h3-6,12,15,17H,7-11H2,1-2H3. The summed E-state index contributed by atoms with van der Waals surface area (Å²) < 4.78 is 0. The normalized spacial score (nSPS) is 26.6. The van der Waals surface area contributed by atoms with Crippen LogP contribution in [0.15, 0.2) is 24.3 Å². The molecule has 0 saturated heterocycles. The molecule has 0 radical (unpaired) electrons. The van der Waals surface area contributed by atoms with Crippen LogP contribution in [0, 0.1) is 11.3 Å². The fraction of sp³-hybridized carbons (Fsp3) is 0.625. The van der Waals surface area contributed by atoms with Crippen molar-refractivity contribution in [1.82, 2.24) is 5.32 Å². The molecule has 2 aliphatic carbocycles. The second kappa shape index (κ2) is 4.13. The number of rotatable bonds is 3. The molecule has 1 heteroatoms. The van der Waals surface area contributed by atoms with E-state index in [2.05, 4.69) is 43.4 Å². The predicted octanol–water partition coefficient (Wildman–Crippen LogP) is 3.70. The van der Waals surface area contributed by atoms with Crippen LogP contribution in [0.1, 0.15) is 50.3 Å². The van der Waals surface area contributed by atoms with E-state index in [0.717, 1.165) is 5.92 Å². The third kappa shape index (κ3) is 2.26. The largest absolute Gasteiger partial charge is 0.309 e. The van der Waals surface area contributed by atoms with Gasteiger partial charge < -0.3 is 5.32 Å². The van der Waals surface area contributed by atoms with Crippen molar-refractivity contribution in [1.29, 1.82) is 0 Å². The van der Waals surface area contributed by atoms with Crippen molar-refractivity contribution in [2.75, 3.05) is 6.54 Å². The lowest BCUT2D eigenvalue weighted by Crippen LogP contribution is -2.39. The monoisotopic (exact) mass is 229 g/mol. The van der Waals surface area contributed by atoms with Crippen molar-refractivity contribution in [3.05, 3.63) is 35.4 Å². The zero-order chi connectivity index (χ0) is 11.9. The number of hydrogen-bond donors (Lipinski definition) is 1. The summed E-state index contributed by atoms with van der Waals surface area (Å²) in [4.78, 5) is 0. The van der Waals surface area contributed by atoms with E-state index in [0.29, 0.717) is 11.5 Å². The molecule has 92 valence electrons. The van der Waals surface area contributed by atoms with Gasteiger partial charge >= 0.3 is 0 Å². The minimum Gasteiger partial charge on any atom is -0.309 e. The van der Waals surface area contributed by atoms with Gasteiger partial charge in [-0.15, -0.1) is 0 Å². The lowest BCUT2D eigenvalue weighted by molar-refractivity contribution is 0.208.